The van der Waals surface area contributed by atoms with Crippen molar-refractivity contribution in [1.29, 1.82) is 5.26 Å². The number of likely N-dealkylation sites (tertiary alicyclic amines) is 1. The first-order chi connectivity index (χ1) is 10.1. The van der Waals surface area contributed by atoms with Crippen molar-refractivity contribution in [1.82, 2.24) is 4.90 Å². The summed E-state index contributed by atoms with van der Waals surface area (Å²) in [5, 5.41) is 9.21. The van der Waals surface area contributed by atoms with Crippen molar-refractivity contribution >= 4 is 9.84 Å². The molecule has 112 valence electrons. The minimum absolute atomic E-state index is 0.105. The molecule has 0 N–H and O–H groups in total. The van der Waals surface area contributed by atoms with Gasteiger partial charge in [0, 0.05) is 19.3 Å². The molecule has 0 spiro atoms. The number of ether oxygens (including phenoxy) is 1. The summed E-state index contributed by atoms with van der Waals surface area (Å²) in [4.78, 5) is 1.80. The summed E-state index contributed by atoms with van der Waals surface area (Å²) in [6, 6.07) is 7.87. The maximum atomic E-state index is 12.5. The molecular formula is C15H18N2O3S. The van der Waals surface area contributed by atoms with Crippen LogP contribution in [0.25, 0.3) is 0 Å². The summed E-state index contributed by atoms with van der Waals surface area (Å²) in [5.41, 5.74) is 0. The zero-order valence-electron chi connectivity index (χ0n) is 11.9. The van der Waals surface area contributed by atoms with Crippen molar-refractivity contribution in [2.45, 2.75) is 24.2 Å². The molecule has 1 saturated heterocycles. The number of allylic oxidation sites excluding steroid dienone is 1. The summed E-state index contributed by atoms with van der Waals surface area (Å²) in [5.74, 6) is 0.576. The fraction of sp³-hybridized carbons (Fsp3) is 0.400. The Labute approximate surface area is 125 Å². The molecular weight excluding hydrogens is 288 g/mol. The Balaban J connectivity index is 2.30. The van der Waals surface area contributed by atoms with E-state index >= 15 is 0 Å². The Morgan fingerprint density at radius 3 is 2.38 bits per heavy atom. The number of rotatable bonds is 4. The van der Waals surface area contributed by atoms with E-state index < -0.39 is 9.84 Å². The van der Waals surface area contributed by atoms with E-state index in [4.69, 9.17) is 4.74 Å². The van der Waals surface area contributed by atoms with Crippen molar-refractivity contribution in [3.05, 3.63) is 35.4 Å². The highest BCUT2D eigenvalue weighted by Gasteiger charge is 2.22. The number of benzene rings is 1. The largest absolute Gasteiger partial charge is 0.497 e. The van der Waals surface area contributed by atoms with Crippen LogP contribution in [0.4, 0.5) is 0 Å². The van der Waals surface area contributed by atoms with Crippen LogP contribution in [0.15, 0.2) is 40.3 Å². The summed E-state index contributed by atoms with van der Waals surface area (Å²) < 4.78 is 30.0. The normalized spacial score (nSPS) is 16.4. The average Bonchev–Trinajstić information content (AvgIpc) is 2.53. The monoisotopic (exact) mass is 306 g/mol. The van der Waals surface area contributed by atoms with Crippen LogP contribution in [0.3, 0.4) is 0 Å². The molecule has 0 atom stereocenters. The lowest BCUT2D eigenvalue weighted by atomic mass is 10.1. The number of hydrogen-bond acceptors (Lipinski definition) is 5. The van der Waals surface area contributed by atoms with E-state index in [2.05, 4.69) is 0 Å². The molecule has 2 rings (SSSR count). The van der Waals surface area contributed by atoms with Gasteiger partial charge in [0.15, 0.2) is 4.91 Å². The van der Waals surface area contributed by atoms with Gasteiger partial charge in [-0.15, -0.1) is 0 Å². The molecule has 1 heterocycles. The first kappa shape index (κ1) is 15.4. The van der Waals surface area contributed by atoms with E-state index in [1.807, 2.05) is 11.0 Å². The third kappa shape index (κ3) is 3.56. The molecule has 1 aromatic carbocycles. The molecule has 0 aliphatic carbocycles. The molecule has 0 saturated carbocycles. The smallest absolute Gasteiger partial charge is 0.218 e. The molecule has 1 aliphatic heterocycles. The van der Waals surface area contributed by atoms with Gasteiger partial charge in [-0.05, 0) is 43.5 Å². The van der Waals surface area contributed by atoms with Crippen LogP contribution in [-0.2, 0) is 9.84 Å². The third-order valence-corrected chi connectivity index (χ3v) is 5.13. The number of methoxy groups -OCH3 is 1. The molecule has 21 heavy (non-hydrogen) atoms. The van der Waals surface area contributed by atoms with Crippen molar-refractivity contribution in [3.8, 4) is 11.8 Å². The van der Waals surface area contributed by atoms with E-state index in [9.17, 15) is 13.7 Å². The van der Waals surface area contributed by atoms with Gasteiger partial charge in [-0.1, -0.05) is 0 Å². The van der Waals surface area contributed by atoms with Crippen molar-refractivity contribution in [2.24, 2.45) is 0 Å². The molecule has 0 aromatic heterocycles. The van der Waals surface area contributed by atoms with Crippen molar-refractivity contribution in [2.75, 3.05) is 20.2 Å². The quantitative estimate of drug-likeness (QED) is 0.798. The van der Waals surface area contributed by atoms with Gasteiger partial charge < -0.3 is 9.64 Å². The minimum Gasteiger partial charge on any atom is -0.497 e. The predicted octanol–water partition coefficient (Wildman–Crippen LogP) is 2.32. The van der Waals surface area contributed by atoms with E-state index in [-0.39, 0.29) is 9.80 Å². The standard InChI is InChI=1S/C15H18N2O3S/c1-20-13-5-7-14(8-6-13)21(18,19)15(11-16)12-17-9-3-2-4-10-17/h5-8,12H,2-4,9-10H2,1H3/b15-12+. The van der Waals surface area contributed by atoms with Crippen LogP contribution in [0.2, 0.25) is 0 Å². The zero-order valence-corrected chi connectivity index (χ0v) is 12.8. The highest BCUT2D eigenvalue weighted by molar-refractivity contribution is 7.95. The van der Waals surface area contributed by atoms with Crippen molar-refractivity contribution in [3.63, 3.8) is 0 Å². The first-order valence-corrected chi connectivity index (χ1v) is 8.31. The molecule has 0 unspecified atom stereocenters. The number of sulfone groups is 1. The lowest BCUT2D eigenvalue weighted by Gasteiger charge is -2.25. The lowest BCUT2D eigenvalue weighted by Crippen LogP contribution is -2.25. The van der Waals surface area contributed by atoms with E-state index in [0.29, 0.717) is 5.75 Å². The van der Waals surface area contributed by atoms with Gasteiger partial charge in [0.2, 0.25) is 9.84 Å². The Morgan fingerprint density at radius 1 is 1.24 bits per heavy atom. The summed E-state index contributed by atoms with van der Waals surface area (Å²) in [6.45, 7) is 1.59. The summed E-state index contributed by atoms with van der Waals surface area (Å²) in [6.07, 6.45) is 4.67. The molecule has 0 radical (unpaired) electrons. The molecule has 1 fully saturated rings. The Bertz CT molecular complexity index is 651. The number of nitriles is 1. The average molecular weight is 306 g/mol. The van der Waals surface area contributed by atoms with Crippen LogP contribution < -0.4 is 4.74 Å². The summed E-state index contributed by atoms with van der Waals surface area (Å²) >= 11 is 0. The lowest BCUT2D eigenvalue weighted by molar-refractivity contribution is 0.309. The second-order valence-corrected chi connectivity index (χ2v) is 6.80. The van der Waals surface area contributed by atoms with Crippen LogP contribution in [0.1, 0.15) is 19.3 Å². The Hall–Kier alpha value is -2.00. The highest BCUT2D eigenvalue weighted by atomic mass is 32.2. The molecule has 5 nitrogen and oxygen atoms in total. The van der Waals surface area contributed by atoms with Gasteiger partial charge in [0.05, 0.1) is 12.0 Å². The zero-order chi connectivity index (χ0) is 15.3. The molecule has 1 aromatic rings. The molecule has 6 heteroatoms. The Morgan fingerprint density at radius 2 is 1.86 bits per heavy atom. The van der Waals surface area contributed by atoms with Gasteiger partial charge >= 0.3 is 0 Å². The first-order valence-electron chi connectivity index (χ1n) is 6.83. The second-order valence-electron chi connectivity index (χ2n) is 4.88. The maximum absolute atomic E-state index is 12.5. The number of piperidine rings is 1. The predicted molar refractivity (Wildman–Crippen MR) is 79.3 cm³/mol. The number of nitrogens with zero attached hydrogens (tertiary/aromatic N) is 2. The number of hydrogen-bond donors (Lipinski definition) is 0. The minimum atomic E-state index is -3.77. The van der Waals surface area contributed by atoms with Crippen LogP contribution in [0.5, 0.6) is 5.75 Å². The summed E-state index contributed by atoms with van der Waals surface area (Å²) in [7, 11) is -2.26. The van der Waals surface area contributed by atoms with Crippen LogP contribution >= 0.6 is 0 Å². The SMILES string of the molecule is COc1ccc(S(=O)(=O)/C(C#N)=C/N2CCCCC2)cc1. The molecule has 1 aliphatic rings. The Kier molecular flexibility index (Phi) is 4.86. The van der Waals surface area contributed by atoms with Gasteiger partial charge in [-0.2, -0.15) is 5.26 Å². The van der Waals surface area contributed by atoms with Gasteiger partial charge in [0.25, 0.3) is 0 Å². The topological polar surface area (TPSA) is 70.4 Å². The van der Waals surface area contributed by atoms with E-state index in [0.717, 1.165) is 32.4 Å². The van der Waals surface area contributed by atoms with Gasteiger partial charge in [-0.25, -0.2) is 8.42 Å². The third-order valence-electron chi connectivity index (χ3n) is 3.46. The second kappa shape index (κ2) is 6.64. The van der Waals surface area contributed by atoms with E-state index in [1.54, 1.807) is 12.1 Å². The fourth-order valence-electron chi connectivity index (χ4n) is 2.25. The van der Waals surface area contributed by atoms with E-state index in [1.165, 1.54) is 25.4 Å². The highest BCUT2D eigenvalue weighted by Crippen LogP contribution is 2.22. The van der Waals surface area contributed by atoms with Gasteiger partial charge in [-0.3, -0.25) is 0 Å². The van der Waals surface area contributed by atoms with Crippen molar-refractivity contribution < 1.29 is 13.2 Å². The molecule has 0 amide bonds. The van der Waals surface area contributed by atoms with Gasteiger partial charge in [0.1, 0.15) is 11.8 Å². The fourth-order valence-corrected chi connectivity index (χ4v) is 3.41. The van der Waals surface area contributed by atoms with Crippen LogP contribution in [-0.4, -0.2) is 33.5 Å². The maximum Gasteiger partial charge on any atom is 0.218 e. The molecule has 0 bridgehead atoms. The van der Waals surface area contributed by atoms with Crippen LogP contribution in [0, 0.1) is 11.3 Å².